The quantitative estimate of drug-likeness (QED) is 0.859. The molecule has 17 heavy (non-hydrogen) atoms. The van der Waals surface area contributed by atoms with Crippen molar-refractivity contribution in [2.75, 3.05) is 0 Å². The Labute approximate surface area is 99.4 Å². The molecule has 1 heterocycles. The molecular weight excluding hydrogens is 255 g/mol. The minimum absolute atomic E-state index is 0.111. The van der Waals surface area contributed by atoms with Gasteiger partial charge in [0.05, 0.1) is 10.5 Å². The molecule has 1 atom stereocenters. The molecule has 0 spiro atoms. The Kier molecular flexibility index (Phi) is 2.92. The molecule has 2 aromatic rings. The lowest BCUT2D eigenvalue weighted by molar-refractivity contribution is -0.150. The van der Waals surface area contributed by atoms with E-state index in [1.165, 1.54) is 0 Å². The van der Waals surface area contributed by atoms with E-state index in [-0.39, 0.29) is 5.02 Å². The summed E-state index contributed by atoms with van der Waals surface area (Å²) in [5, 5.41) is 7.40. The Morgan fingerprint density at radius 3 is 2.47 bits per heavy atom. The average Bonchev–Trinajstić information content (AvgIpc) is 2.28. The molecule has 3 nitrogen and oxygen atoms in total. The zero-order chi connectivity index (χ0) is 12.6. The van der Waals surface area contributed by atoms with Gasteiger partial charge in [-0.3, -0.25) is 0 Å². The number of nitrogens with zero attached hydrogens (tertiary/aromatic N) is 2. The van der Waals surface area contributed by atoms with Crippen molar-refractivity contribution >= 4 is 22.5 Å². The second-order valence-corrected chi connectivity index (χ2v) is 3.81. The van der Waals surface area contributed by atoms with E-state index in [9.17, 15) is 13.2 Å². The molecule has 1 unspecified atom stereocenters. The van der Waals surface area contributed by atoms with E-state index in [1.54, 1.807) is 24.3 Å². The molecule has 0 saturated heterocycles. The monoisotopic (exact) mass is 261 g/mol. The minimum Gasteiger partial charge on any atom is -0.315 e. The minimum atomic E-state index is -4.60. The first-order chi connectivity index (χ1) is 7.91. The fourth-order valence-electron chi connectivity index (χ4n) is 1.39. The van der Waals surface area contributed by atoms with E-state index in [1.807, 2.05) is 0 Å². The SMILES string of the molecule is NC(c1nnc2ccccc2c1Cl)C(F)(F)F. The maximum absolute atomic E-state index is 12.5. The van der Waals surface area contributed by atoms with E-state index < -0.39 is 17.9 Å². The molecule has 2 N–H and O–H groups in total. The lowest BCUT2D eigenvalue weighted by Gasteiger charge is -2.16. The van der Waals surface area contributed by atoms with Crippen LogP contribution in [0.1, 0.15) is 11.7 Å². The number of nitrogens with two attached hydrogens (primary N) is 1. The number of hydrogen-bond donors (Lipinski definition) is 1. The van der Waals surface area contributed by atoms with Crippen molar-refractivity contribution in [1.29, 1.82) is 0 Å². The lowest BCUT2D eigenvalue weighted by atomic mass is 10.1. The van der Waals surface area contributed by atoms with Gasteiger partial charge in [0.15, 0.2) is 0 Å². The summed E-state index contributed by atoms with van der Waals surface area (Å²) in [6.45, 7) is 0. The highest BCUT2D eigenvalue weighted by Crippen LogP contribution is 2.35. The first-order valence-corrected chi connectivity index (χ1v) is 5.02. The van der Waals surface area contributed by atoms with Gasteiger partial charge < -0.3 is 5.73 Å². The van der Waals surface area contributed by atoms with Gasteiger partial charge in [0.2, 0.25) is 0 Å². The smallest absolute Gasteiger partial charge is 0.315 e. The van der Waals surface area contributed by atoms with Gasteiger partial charge in [0.25, 0.3) is 0 Å². The Balaban J connectivity index is 2.61. The highest BCUT2D eigenvalue weighted by molar-refractivity contribution is 6.35. The molecule has 0 saturated carbocycles. The van der Waals surface area contributed by atoms with Crippen molar-refractivity contribution in [2.24, 2.45) is 5.73 Å². The molecule has 90 valence electrons. The largest absolute Gasteiger partial charge is 0.409 e. The zero-order valence-electron chi connectivity index (χ0n) is 8.37. The van der Waals surface area contributed by atoms with Crippen molar-refractivity contribution in [3.63, 3.8) is 0 Å². The summed E-state index contributed by atoms with van der Waals surface area (Å²) in [5.74, 6) is 0. The molecule has 0 fully saturated rings. The highest BCUT2D eigenvalue weighted by atomic mass is 35.5. The number of aromatic nitrogens is 2. The average molecular weight is 262 g/mol. The number of halogens is 4. The molecule has 2 rings (SSSR count). The lowest BCUT2D eigenvalue weighted by Crippen LogP contribution is -2.29. The highest BCUT2D eigenvalue weighted by Gasteiger charge is 2.40. The maximum atomic E-state index is 12.5. The summed E-state index contributed by atoms with van der Waals surface area (Å²) in [7, 11) is 0. The third kappa shape index (κ3) is 2.18. The molecule has 0 bridgehead atoms. The second-order valence-electron chi connectivity index (χ2n) is 3.44. The third-order valence-electron chi connectivity index (χ3n) is 2.28. The summed E-state index contributed by atoms with van der Waals surface area (Å²) in [6, 6.07) is 4.29. The van der Waals surface area contributed by atoms with Crippen LogP contribution in [0, 0.1) is 0 Å². The van der Waals surface area contributed by atoms with Gasteiger partial charge in [-0.1, -0.05) is 29.8 Å². The fourth-order valence-corrected chi connectivity index (χ4v) is 1.70. The van der Waals surface area contributed by atoms with Crippen molar-refractivity contribution in [2.45, 2.75) is 12.2 Å². The van der Waals surface area contributed by atoms with E-state index in [2.05, 4.69) is 10.2 Å². The Morgan fingerprint density at radius 2 is 1.82 bits per heavy atom. The van der Waals surface area contributed by atoms with Crippen LogP contribution in [-0.4, -0.2) is 16.4 Å². The van der Waals surface area contributed by atoms with Crippen LogP contribution < -0.4 is 5.73 Å². The van der Waals surface area contributed by atoms with Gasteiger partial charge in [0, 0.05) is 5.39 Å². The van der Waals surface area contributed by atoms with E-state index in [0.29, 0.717) is 10.9 Å². The van der Waals surface area contributed by atoms with E-state index in [0.717, 1.165) is 0 Å². The molecule has 1 aromatic heterocycles. The number of alkyl halides is 3. The van der Waals surface area contributed by atoms with Crippen LogP contribution in [0.4, 0.5) is 13.2 Å². The summed E-state index contributed by atoms with van der Waals surface area (Å²) in [5.41, 5.74) is 5.02. The zero-order valence-corrected chi connectivity index (χ0v) is 9.13. The summed E-state index contributed by atoms with van der Waals surface area (Å²) >= 11 is 5.86. The van der Waals surface area contributed by atoms with E-state index >= 15 is 0 Å². The van der Waals surface area contributed by atoms with Gasteiger partial charge in [-0.2, -0.15) is 23.4 Å². The summed E-state index contributed by atoms with van der Waals surface area (Å²) in [6.07, 6.45) is -4.60. The standard InChI is InChI=1S/C10H7ClF3N3/c11-7-5-3-1-2-4-6(5)16-17-8(7)9(15)10(12,13)14/h1-4,9H,15H2. The Morgan fingerprint density at radius 1 is 1.18 bits per heavy atom. The summed E-state index contributed by atoms with van der Waals surface area (Å²) < 4.78 is 37.4. The van der Waals surface area contributed by atoms with Crippen molar-refractivity contribution in [3.05, 3.63) is 35.0 Å². The Hall–Kier alpha value is -1.40. The molecule has 0 aliphatic carbocycles. The molecule has 0 amide bonds. The van der Waals surface area contributed by atoms with Gasteiger partial charge in [0.1, 0.15) is 11.7 Å². The van der Waals surface area contributed by atoms with Gasteiger partial charge in [-0.15, -0.1) is 0 Å². The first kappa shape index (κ1) is 12.1. The maximum Gasteiger partial charge on any atom is 0.409 e. The number of hydrogen-bond acceptors (Lipinski definition) is 3. The van der Waals surface area contributed by atoms with Crippen LogP contribution in [0.25, 0.3) is 10.9 Å². The summed E-state index contributed by atoms with van der Waals surface area (Å²) in [4.78, 5) is 0. The fraction of sp³-hybridized carbons (Fsp3) is 0.200. The molecule has 0 aliphatic heterocycles. The number of benzene rings is 1. The Bertz CT molecular complexity index is 556. The topological polar surface area (TPSA) is 51.8 Å². The molecule has 7 heteroatoms. The predicted molar refractivity (Wildman–Crippen MR) is 57.5 cm³/mol. The van der Waals surface area contributed by atoms with Crippen LogP contribution in [0.3, 0.4) is 0 Å². The molecule has 0 radical (unpaired) electrons. The molecule has 0 aliphatic rings. The van der Waals surface area contributed by atoms with Gasteiger partial charge >= 0.3 is 6.18 Å². The number of fused-ring (bicyclic) bond motifs is 1. The van der Waals surface area contributed by atoms with Gasteiger partial charge in [-0.05, 0) is 6.07 Å². The third-order valence-corrected chi connectivity index (χ3v) is 2.68. The van der Waals surface area contributed by atoms with Crippen LogP contribution in [0.2, 0.25) is 5.02 Å². The van der Waals surface area contributed by atoms with Crippen LogP contribution >= 0.6 is 11.6 Å². The molecular formula is C10H7ClF3N3. The molecule has 1 aromatic carbocycles. The second kappa shape index (κ2) is 4.12. The van der Waals surface area contributed by atoms with Crippen molar-refractivity contribution in [1.82, 2.24) is 10.2 Å². The van der Waals surface area contributed by atoms with Crippen LogP contribution in [-0.2, 0) is 0 Å². The first-order valence-electron chi connectivity index (χ1n) is 4.64. The number of rotatable bonds is 1. The predicted octanol–water partition coefficient (Wildman–Crippen LogP) is 2.85. The van der Waals surface area contributed by atoms with Crippen molar-refractivity contribution in [3.8, 4) is 0 Å². The normalized spacial score (nSPS) is 13.9. The van der Waals surface area contributed by atoms with Crippen LogP contribution in [0.5, 0.6) is 0 Å². The van der Waals surface area contributed by atoms with Crippen molar-refractivity contribution < 1.29 is 13.2 Å². The van der Waals surface area contributed by atoms with E-state index in [4.69, 9.17) is 17.3 Å². The van der Waals surface area contributed by atoms with Crippen LogP contribution in [0.15, 0.2) is 24.3 Å². The van der Waals surface area contributed by atoms with Gasteiger partial charge in [-0.25, -0.2) is 0 Å².